The molecule has 16 heavy (non-hydrogen) atoms. The van der Waals surface area contributed by atoms with Crippen molar-refractivity contribution < 1.29 is 13.9 Å². The molecule has 2 aromatic carbocycles. The molecule has 0 radical (unpaired) electrons. The first-order valence-corrected chi connectivity index (χ1v) is 4.90. The maximum Gasteiger partial charge on any atom is 0.337 e. The van der Waals surface area contributed by atoms with E-state index in [4.69, 9.17) is 0 Å². The normalized spacial score (nSPS) is 10.4. The van der Waals surface area contributed by atoms with Crippen LogP contribution in [0.5, 0.6) is 0 Å². The SMILES string of the molecule is COC(=O)c1ccc2c(F)ccc(C)c2c1. The fraction of sp³-hybridized carbons (Fsp3) is 0.154. The first-order chi connectivity index (χ1) is 7.63. The number of methoxy groups -OCH3 is 1. The summed E-state index contributed by atoms with van der Waals surface area (Å²) in [5.74, 6) is -0.692. The van der Waals surface area contributed by atoms with Crippen LogP contribution in [-0.4, -0.2) is 13.1 Å². The molecule has 2 aromatic rings. The van der Waals surface area contributed by atoms with Gasteiger partial charge in [0.1, 0.15) is 5.82 Å². The summed E-state index contributed by atoms with van der Waals surface area (Å²) in [6.45, 7) is 1.88. The number of hydrogen-bond acceptors (Lipinski definition) is 2. The molecule has 2 nitrogen and oxygen atoms in total. The molecule has 0 aliphatic rings. The molecule has 0 aliphatic carbocycles. The van der Waals surface area contributed by atoms with Gasteiger partial charge >= 0.3 is 5.97 Å². The number of rotatable bonds is 1. The van der Waals surface area contributed by atoms with Gasteiger partial charge in [-0.25, -0.2) is 9.18 Å². The lowest BCUT2D eigenvalue weighted by molar-refractivity contribution is 0.0601. The number of benzene rings is 2. The average Bonchev–Trinajstić information content (AvgIpc) is 2.32. The zero-order chi connectivity index (χ0) is 11.7. The Labute approximate surface area is 92.6 Å². The van der Waals surface area contributed by atoms with Crippen molar-refractivity contribution in [2.45, 2.75) is 6.92 Å². The third-order valence-corrected chi connectivity index (χ3v) is 2.60. The van der Waals surface area contributed by atoms with E-state index in [1.807, 2.05) is 6.92 Å². The van der Waals surface area contributed by atoms with Crippen molar-refractivity contribution in [2.24, 2.45) is 0 Å². The lowest BCUT2D eigenvalue weighted by Crippen LogP contribution is -2.01. The van der Waals surface area contributed by atoms with Gasteiger partial charge in [-0.1, -0.05) is 12.1 Å². The second-order valence-corrected chi connectivity index (χ2v) is 3.62. The summed E-state index contributed by atoms with van der Waals surface area (Å²) in [6, 6.07) is 7.94. The molecule has 0 aromatic heterocycles. The van der Waals surface area contributed by atoms with Crippen LogP contribution in [0.2, 0.25) is 0 Å². The zero-order valence-corrected chi connectivity index (χ0v) is 9.08. The van der Waals surface area contributed by atoms with Crippen LogP contribution < -0.4 is 0 Å². The lowest BCUT2D eigenvalue weighted by Gasteiger charge is -2.05. The molecule has 0 heterocycles. The van der Waals surface area contributed by atoms with E-state index in [1.165, 1.54) is 13.2 Å². The van der Waals surface area contributed by atoms with Crippen LogP contribution in [0.4, 0.5) is 4.39 Å². The molecule has 0 unspecified atom stereocenters. The van der Waals surface area contributed by atoms with Crippen molar-refractivity contribution in [3.8, 4) is 0 Å². The number of hydrogen-bond donors (Lipinski definition) is 0. The van der Waals surface area contributed by atoms with Crippen LogP contribution in [0.1, 0.15) is 15.9 Å². The second-order valence-electron chi connectivity index (χ2n) is 3.62. The highest BCUT2D eigenvalue weighted by Crippen LogP contribution is 2.23. The van der Waals surface area contributed by atoms with E-state index in [1.54, 1.807) is 24.3 Å². The average molecular weight is 218 g/mol. The van der Waals surface area contributed by atoms with Crippen molar-refractivity contribution in [3.63, 3.8) is 0 Å². The summed E-state index contributed by atoms with van der Waals surface area (Å²) >= 11 is 0. The molecule has 0 aliphatic heterocycles. The molecular weight excluding hydrogens is 207 g/mol. The minimum atomic E-state index is -0.412. The first-order valence-electron chi connectivity index (χ1n) is 4.90. The van der Waals surface area contributed by atoms with Crippen LogP contribution in [0.3, 0.4) is 0 Å². The monoisotopic (exact) mass is 218 g/mol. The number of aryl methyl sites for hydroxylation is 1. The smallest absolute Gasteiger partial charge is 0.337 e. The fourth-order valence-electron chi connectivity index (χ4n) is 1.70. The highest BCUT2D eigenvalue weighted by atomic mass is 19.1. The van der Waals surface area contributed by atoms with Gasteiger partial charge in [-0.05, 0) is 36.1 Å². The maximum atomic E-state index is 13.5. The topological polar surface area (TPSA) is 26.3 Å². The number of esters is 1. The highest BCUT2D eigenvalue weighted by molar-refractivity contribution is 5.96. The summed E-state index contributed by atoms with van der Waals surface area (Å²) in [4.78, 5) is 11.3. The molecule has 0 bridgehead atoms. The van der Waals surface area contributed by atoms with Crippen molar-refractivity contribution in [2.75, 3.05) is 7.11 Å². The van der Waals surface area contributed by atoms with Crippen LogP contribution >= 0.6 is 0 Å². The second kappa shape index (κ2) is 3.93. The zero-order valence-electron chi connectivity index (χ0n) is 9.08. The predicted octanol–water partition coefficient (Wildman–Crippen LogP) is 3.07. The van der Waals surface area contributed by atoms with Crippen molar-refractivity contribution in [1.29, 1.82) is 0 Å². The predicted molar refractivity (Wildman–Crippen MR) is 60.0 cm³/mol. The molecular formula is C13H11FO2. The molecule has 0 spiro atoms. The third kappa shape index (κ3) is 1.65. The molecule has 82 valence electrons. The van der Waals surface area contributed by atoms with Gasteiger partial charge in [-0.2, -0.15) is 0 Å². The van der Waals surface area contributed by atoms with Crippen molar-refractivity contribution in [3.05, 3.63) is 47.3 Å². The van der Waals surface area contributed by atoms with E-state index in [2.05, 4.69) is 4.74 Å². The Kier molecular flexibility index (Phi) is 2.60. The summed E-state index contributed by atoms with van der Waals surface area (Å²) in [5, 5.41) is 1.26. The van der Waals surface area contributed by atoms with Crippen molar-refractivity contribution >= 4 is 16.7 Å². The van der Waals surface area contributed by atoms with Crippen molar-refractivity contribution in [1.82, 2.24) is 0 Å². The molecule has 2 rings (SSSR count). The summed E-state index contributed by atoms with van der Waals surface area (Å²) in [5.41, 5.74) is 1.37. The molecule has 0 fully saturated rings. The molecule has 0 saturated carbocycles. The van der Waals surface area contributed by atoms with Gasteiger partial charge in [0.15, 0.2) is 0 Å². The van der Waals surface area contributed by atoms with Gasteiger partial charge in [0, 0.05) is 5.39 Å². The van der Waals surface area contributed by atoms with E-state index < -0.39 is 5.97 Å². The van der Waals surface area contributed by atoms with E-state index in [-0.39, 0.29) is 5.82 Å². The van der Waals surface area contributed by atoms with Gasteiger partial charge < -0.3 is 4.74 Å². The van der Waals surface area contributed by atoms with Crippen LogP contribution in [0, 0.1) is 12.7 Å². The summed E-state index contributed by atoms with van der Waals surface area (Å²) < 4.78 is 18.1. The van der Waals surface area contributed by atoms with Crippen LogP contribution in [0.15, 0.2) is 30.3 Å². The number of ether oxygens (including phenoxy) is 1. The molecule has 0 saturated heterocycles. The Balaban J connectivity index is 2.70. The van der Waals surface area contributed by atoms with Crippen LogP contribution in [-0.2, 0) is 4.74 Å². The first kappa shape index (κ1) is 10.6. The fourth-order valence-corrected chi connectivity index (χ4v) is 1.70. The van der Waals surface area contributed by atoms with Gasteiger partial charge in [-0.15, -0.1) is 0 Å². The van der Waals surface area contributed by atoms with E-state index in [0.29, 0.717) is 10.9 Å². The number of carbonyl (C=O) groups excluding carboxylic acids is 1. The van der Waals surface area contributed by atoms with Gasteiger partial charge in [-0.3, -0.25) is 0 Å². The Bertz CT molecular complexity index is 561. The maximum absolute atomic E-state index is 13.5. The number of carbonyl (C=O) groups is 1. The number of halogens is 1. The number of fused-ring (bicyclic) bond motifs is 1. The van der Waals surface area contributed by atoms with Gasteiger partial charge in [0.2, 0.25) is 0 Å². The summed E-state index contributed by atoms with van der Waals surface area (Å²) in [7, 11) is 1.32. The quantitative estimate of drug-likeness (QED) is 0.687. The lowest BCUT2D eigenvalue weighted by atomic mass is 10.0. The Morgan fingerprint density at radius 2 is 1.94 bits per heavy atom. The van der Waals surface area contributed by atoms with E-state index in [0.717, 1.165) is 10.9 Å². The standard InChI is InChI=1S/C13H11FO2/c1-8-3-6-12(14)10-5-4-9(7-11(8)10)13(15)16-2/h3-7H,1-2H3. The Morgan fingerprint density at radius 3 is 2.62 bits per heavy atom. The molecule has 0 atom stereocenters. The molecule has 0 amide bonds. The minimum Gasteiger partial charge on any atom is -0.465 e. The van der Waals surface area contributed by atoms with Gasteiger partial charge in [0.25, 0.3) is 0 Å². The minimum absolute atomic E-state index is 0.281. The van der Waals surface area contributed by atoms with Crippen LogP contribution in [0.25, 0.3) is 10.8 Å². The highest BCUT2D eigenvalue weighted by Gasteiger charge is 2.09. The Morgan fingerprint density at radius 1 is 1.19 bits per heavy atom. The molecule has 3 heteroatoms. The largest absolute Gasteiger partial charge is 0.465 e. The molecule has 0 N–H and O–H groups in total. The third-order valence-electron chi connectivity index (χ3n) is 2.60. The summed E-state index contributed by atoms with van der Waals surface area (Å²) in [6.07, 6.45) is 0. The van der Waals surface area contributed by atoms with E-state index >= 15 is 0 Å². The van der Waals surface area contributed by atoms with E-state index in [9.17, 15) is 9.18 Å². The Hall–Kier alpha value is -1.90. The van der Waals surface area contributed by atoms with Gasteiger partial charge in [0.05, 0.1) is 12.7 Å².